The molecule has 2 aliphatic rings. The highest BCUT2D eigenvalue weighted by molar-refractivity contribution is 8.00. The Hall–Kier alpha value is -2.08. The fraction of sp³-hybridized carbons (Fsp3) is 0.500. The zero-order chi connectivity index (χ0) is 24.1. The molecule has 2 N–H and O–H groups in total. The highest BCUT2D eigenvalue weighted by Crippen LogP contribution is 2.43. The van der Waals surface area contributed by atoms with Crippen molar-refractivity contribution < 1.29 is 14.5 Å². The molecule has 35 heavy (non-hydrogen) atoms. The normalized spacial score (nSPS) is 25.3. The summed E-state index contributed by atoms with van der Waals surface area (Å²) in [4.78, 5) is 2.91. The molecule has 1 aromatic heterocycles. The molecule has 5 heteroatoms. The van der Waals surface area contributed by atoms with Crippen molar-refractivity contribution in [1.82, 2.24) is 5.16 Å². The number of rotatable bonds is 8. The average Bonchev–Trinajstić information content (AvgIpc) is 3.39. The van der Waals surface area contributed by atoms with Crippen LogP contribution >= 0.6 is 11.8 Å². The van der Waals surface area contributed by atoms with Gasteiger partial charge in [0.25, 0.3) is 0 Å². The van der Waals surface area contributed by atoms with Gasteiger partial charge in [-0.2, -0.15) is 0 Å². The number of nitrogens with zero attached hydrogens (tertiary/aromatic N) is 1. The van der Waals surface area contributed by atoms with Crippen LogP contribution in [0.2, 0.25) is 0 Å². The molecule has 3 aromatic rings. The Morgan fingerprint density at radius 3 is 2.43 bits per heavy atom. The summed E-state index contributed by atoms with van der Waals surface area (Å²) in [6.07, 6.45) is 8.13. The maximum atomic E-state index is 12.1. The summed E-state index contributed by atoms with van der Waals surface area (Å²) in [6, 6.07) is 22.9. The van der Waals surface area contributed by atoms with Crippen LogP contribution in [0.4, 0.5) is 0 Å². The predicted octanol–water partition coefficient (Wildman–Crippen LogP) is 5.47. The third-order valence-corrected chi connectivity index (χ3v) is 9.62. The summed E-state index contributed by atoms with van der Waals surface area (Å²) in [7, 11) is 0. The maximum Gasteiger partial charge on any atom is 0.191 e. The lowest BCUT2D eigenvalue weighted by molar-refractivity contribution is -0.919. The highest BCUT2D eigenvalue weighted by atomic mass is 32.2. The minimum Gasteiger partial charge on any atom is -0.378 e. The summed E-state index contributed by atoms with van der Waals surface area (Å²) in [6.45, 7) is 5.43. The van der Waals surface area contributed by atoms with Crippen molar-refractivity contribution in [3.8, 4) is 0 Å². The quantitative estimate of drug-likeness (QED) is 0.439. The van der Waals surface area contributed by atoms with Crippen LogP contribution in [-0.4, -0.2) is 28.6 Å². The summed E-state index contributed by atoms with van der Waals surface area (Å²) in [5.41, 5.74) is 0.533. The smallest absolute Gasteiger partial charge is 0.191 e. The van der Waals surface area contributed by atoms with Gasteiger partial charge in [0.15, 0.2) is 5.76 Å². The molecule has 186 valence electrons. The van der Waals surface area contributed by atoms with E-state index in [9.17, 15) is 5.11 Å². The van der Waals surface area contributed by atoms with Crippen molar-refractivity contribution >= 4 is 11.8 Å². The van der Waals surface area contributed by atoms with E-state index in [1.54, 1.807) is 4.90 Å². The number of hydrogen-bond donors (Lipinski definition) is 2. The van der Waals surface area contributed by atoms with Gasteiger partial charge in [0.1, 0.15) is 17.8 Å². The molecule has 1 aliphatic carbocycles. The highest BCUT2D eigenvalue weighted by Gasteiger charge is 2.43. The molecule has 4 unspecified atom stereocenters. The fourth-order valence-electron chi connectivity index (χ4n) is 6.20. The number of nitrogens with one attached hydrogen (secondary N) is 1. The van der Waals surface area contributed by atoms with Gasteiger partial charge in [0.2, 0.25) is 0 Å². The number of thioether (sulfide) groups is 1. The number of benzene rings is 2. The van der Waals surface area contributed by atoms with Gasteiger partial charge >= 0.3 is 0 Å². The summed E-state index contributed by atoms with van der Waals surface area (Å²) in [5, 5.41) is 17.2. The van der Waals surface area contributed by atoms with Crippen LogP contribution in [0.25, 0.3) is 0 Å². The molecule has 0 bridgehead atoms. The van der Waals surface area contributed by atoms with Gasteiger partial charge in [-0.3, -0.25) is 0 Å². The summed E-state index contributed by atoms with van der Waals surface area (Å²) >= 11 is 2.03. The minimum atomic E-state index is -1.08. The Kier molecular flexibility index (Phi) is 7.96. The molecule has 2 aromatic carbocycles. The van der Waals surface area contributed by atoms with Crippen LogP contribution in [0, 0.1) is 11.8 Å². The zero-order valence-electron chi connectivity index (χ0n) is 20.9. The number of likely N-dealkylation sites (tertiary alicyclic amines) is 1. The largest absolute Gasteiger partial charge is 0.378 e. The van der Waals surface area contributed by atoms with Gasteiger partial charge in [0, 0.05) is 17.4 Å². The summed E-state index contributed by atoms with van der Waals surface area (Å²) < 4.78 is 5.89. The number of aliphatic hydroxyl groups is 1. The van der Waals surface area contributed by atoms with Crippen LogP contribution in [-0.2, 0) is 12.1 Å². The van der Waals surface area contributed by atoms with E-state index in [2.05, 4.69) is 42.4 Å². The van der Waals surface area contributed by atoms with Gasteiger partial charge in [-0.1, -0.05) is 86.3 Å². The van der Waals surface area contributed by atoms with Crippen molar-refractivity contribution in [2.45, 2.75) is 74.2 Å². The second-order valence-electron chi connectivity index (χ2n) is 10.5. The Morgan fingerprint density at radius 2 is 1.71 bits per heavy atom. The molecule has 2 fully saturated rings. The topological polar surface area (TPSA) is 50.7 Å². The fourth-order valence-corrected chi connectivity index (χ4v) is 7.70. The van der Waals surface area contributed by atoms with Gasteiger partial charge in [-0.05, 0) is 42.4 Å². The van der Waals surface area contributed by atoms with Gasteiger partial charge < -0.3 is 14.5 Å². The van der Waals surface area contributed by atoms with Gasteiger partial charge in [-0.15, -0.1) is 11.8 Å². The first kappa shape index (κ1) is 24.6. The van der Waals surface area contributed by atoms with Gasteiger partial charge in [-0.25, -0.2) is 0 Å². The molecule has 5 rings (SSSR count). The number of hydrogen-bond acceptors (Lipinski definition) is 4. The standard InChI is InChI=1S/C30H38N2O2S/c1-2-23-18-19-32(22-28(23)35-27-16-10-5-11-17-27)21-26-20-29(31-34-26)30(33,24-12-6-3-7-13-24)25-14-8-4-9-15-25/h3,5-7,10-13,16-17,20,23,25,28,33H,2,4,8-9,14-15,18-19,21-22H2,1H3/p+1. The SMILES string of the molecule is CCC1CC[NH+](Cc2cc(C(O)(c3ccccc3)C3CCCCC3)no2)CC1Sc1ccccc1. The molecule has 1 saturated carbocycles. The molecule has 0 amide bonds. The van der Waals surface area contributed by atoms with Crippen molar-refractivity contribution in [2.24, 2.45) is 11.8 Å². The lowest BCUT2D eigenvalue weighted by Gasteiger charge is -2.37. The number of aromatic nitrogens is 1. The third kappa shape index (κ3) is 5.52. The second-order valence-corrected chi connectivity index (χ2v) is 11.8. The Balaban J connectivity index is 1.32. The molecule has 0 radical (unpaired) electrons. The molecular formula is C30H39N2O2S+. The van der Waals surface area contributed by atoms with Crippen molar-refractivity contribution in [3.05, 3.63) is 83.7 Å². The molecule has 2 heterocycles. The zero-order valence-corrected chi connectivity index (χ0v) is 21.7. The number of piperidine rings is 1. The monoisotopic (exact) mass is 491 g/mol. The van der Waals surface area contributed by atoms with Crippen LogP contribution < -0.4 is 4.90 Å². The second kappa shape index (κ2) is 11.3. The van der Waals surface area contributed by atoms with Crippen molar-refractivity contribution in [3.63, 3.8) is 0 Å². The third-order valence-electron chi connectivity index (χ3n) is 8.22. The van der Waals surface area contributed by atoms with Crippen LogP contribution in [0.3, 0.4) is 0 Å². The first-order valence-corrected chi connectivity index (χ1v) is 14.3. The molecule has 1 aliphatic heterocycles. The van der Waals surface area contributed by atoms with Crippen LogP contribution in [0.15, 0.2) is 76.1 Å². The number of quaternary nitrogens is 1. The van der Waals surface area contributed by atoms with Gasteiger partial charge in [0.05, 0.1) is 18.3 Å². The molecule has 4 atom stereocenters. The van der Waals surface area contributed by atoms with Crippen molar-refractivity contribution in [2.75, 3.05) is 13.1 Å². The maximum absolute atomic E-state index is 12.1. The molecule has 0 spiro atoms. The first-order chi connectivity index (χ1) is 17.2. The van der Waals surface area contributed by atoms with E-state index in [0.717, 1.165) is 49.7 Å². The van der Waals surface area contributed by atoms with E-state index in [0.29, 0.717) is 10.9 Å². The molecule has 1 saturated heterocycles. The summed E-state index contributed by atoms with van der Waals surface area (Å²) in [5.74, 6) is 1.82. The van der Waals surface area contributed by atoms with E-state index >= 15 is 0 Å². The molecular weight excluding hydrogens is 452 g/mol. The van der Waals surface area contributed by atoms with E-state index in [-0.39, 0.29) is 5.92 Å². The first-order valence-electron chi connectivity index (χ1n) is 13.5. The van der Waals surface area contributed by atoms with E-state index in [1.165, 1.54) is 37.0 Å². The molecule has 4 nitrogen and oxygen atoms in total. The minimum absolute atomic E-state index is 0.177. The Labute approximate surface area is 214 Å². The van der Waals surface area contributed by atoms with Crippen LogP contribution in [0.5, 0.6) is 0 Å². The van der Waals surface area contributed by atoms with Crippen LogP contribution in [0.1, 0.15) is 68.9 Å². The predicted molar refractivity (Wildman–Crippen MR) is 141 cm³/mol. The van der Waals surface area contributed by atoms with E-state index < -0.39 is 5.60 Å². The Bertz CT molecular complexity index is 1050. The Morgan fingerprint density at radius 1 is 1.00 bits per heavy atom. The van der Waals surface area contributed by atoms with E-state index in [4.69, 9.17) is 4.52 Å². The average molecular weight is 492 g/mol. The van der Waals surface area contributed by atoms with Crippen molar-refractivity contribution in [1.29, 1.82) is 0 Å². The van der Waals surface area contributed by atoms with E-state index in [1.807, 2.05) is 48.2 Å². The lowest BCUT2D eigenvalue weighted by Crippen LogP contribution is -3.13. The lowest BCUT2D eigenvalue weighted by atomic mass is 9.71.